The fourth-order valence-electron chi connectivity index (χ4n) is 2.88. The van der Waals surface area contributed by atoms with Gasteiger partial charge in [0.15, 0.2) is 11.5 Å². The molecule has 0 spiro atoms. The van der Waals surface area contributed by atoms with Gasteiger partial charge in [-0.15, -0.1) is 0 Å². The molecule has 2 aliphatic rings. The molecule has 0 aromatic heterocycles. The molecule has 1 amide bonds. The zero-order valence-corrected chi connectivity index (χ0v) is 11.5. The van der Waals surface area contributed by atoms with Gasteiger partial charge in [0.05, 0.1) is 5.92 Å². The van der Waals surface area contributed by atoms with E-state index in [1.165, 1.54) is 5.56 Å². The Hall–Kier alpha value is -1.75. The van der Waals surface area contributed by atoms with Crippen LogP contribution in [0.1, 0.15) is 18.4 Å². The summed E-state index contributed by atoms with van der Waals surface area (Å²) in [5.41, 5.74) is 6.59. The lowest BCUT2D eigenvalue weighted by Crippen LogP contribution is -2.40. The summed E-state index contributed by atoms with van der Waals surface area (Å²) in [4.78, 5) is 13.6. The molecule has 1 saturated heterocycles. The molecule has 1 aromatic rings. The van der Waals surface area contributed by atoms with Crippen LogP contribution in [-0.2, 0) is 11.3 Å². The predicted octanol–water partition coefficient (Wildman–Crippen LogP) is 1.16. The van der Waals surface area contributed by atoms with Crippen molar-refractivity contribution in [3.63, 3.8) is 0 Å². The second kappa shape index (κ2) is 5.71. The van der Waals surface area contributed by atoms with E-state index in [1.807, 2.05) is 12.1 Å². The molecular formula is C15H20N2O3. The van der Waals surface area contributed by atoms with Crippen molar-refractivity contribution in [1.82, 2.24) is 4.90 Å². The van der Waals surface area contributed by atoms with Crippen molar-refractivity contribution < 1.29 is 14.3 Å². The fraction of sp³-hybridized carbons (Fsp3) is 0.533. The summed E-state index contributed by atoms with van der Waals surface area (Å²) < 4.78 is 11.1. The average Bonchev–Trinajstić information content (AvgIpc) is 2.47. The first-order valence-corrected chi connectivity index (χ1v) is 7.12. The Bertz CT molecular complexity index is 504. The molecule has 2 aliphatic heterocycles. The molecule has 3 rings (SSSR count). The minimum absolute atomic E-state index is 0.0130. The van der Waals surface area contributed by atoms with Crippen LogP contribution in [0.3, 0.4) is 0 Å². The number of amides is 1. The molecule has 5 heteroatoms. The molecule has 0 aliphatic carbocycles. The number of likely N-dealkylation sites (tertiary alicyclic amines) is 1. The van der Waals surface area contributed by atoms with Crippen LogP contribution < -0.4 is 15.2 Å². The standard InChI is InChI=1S/C15H20N2O3/c16-15(18)12-2-1-5-17(10-12)9-11-3-4-13-14(8-11)20-7-6-19-13/h3-4,8,12H,1-2,5-7,9-10H2,(H2,16,18)/t12-/m0/s1. The predicted molar refractivity (Wildman–Crippen MR) is 74.6 cm³/mol. The molecule has 2 heterocycles. The highest BCUT2D eigenvalue weighted by atomic mass is 16.6. The Morgan fingerprint density at radius 1 is 1.30 bits per heavy atom. The van der Waals surface area contributed by atoms with E-state index in [0.29, 0.717) is 13.2 Å². The summed E-state index contributed by atoms with van der Waals surface area (Å²) >= 11 is 0. The maximum atomic E-state index is 11.3. The number of hydrogen-bond donors (Lipinski definition) is 1. The Morgan fingerprint density at radius 3 is 2.90 bits per heavy atom. The van der Waals surface area contributed by atoms with Gasteiger partial charge in [-0.2, -0.15) is 0 Å². The number of nitrogens with two attached hydrogens (primary N) is 1. The summed E-state index contributed by atoms with van der Waals surface area (Å²) in [7, 11) is 0. The van der Waals surface area contributed by atoms with Gasteiger partial charge >= 0.3 is 0 Å². The number of carbonyl (C=O) groups is 1. The summed E-state index contributed by atoms with van der Waals surface area (Å²) in [5.74, 6) is 1.43. The fourth-order valence-corrected chi connectivity index (χ4v) is 2.88. The Balaban J connectivity index is 1.66. The molecule has 0 radical (unpaired) electrons. The molecule has 20 heavy (non-hydrogen) atoms. The van der Waals surface area contributed by atoms with Crippen LogP contribution >= 0.6 is 0 Å². The monoisotopic (exact) mass is 276 g/mol. The van der Waals surface area contributed by atoms with E-state index in [9.17, 15) is 4.79 Å². The second-order valence-electron chi connectivity index (χ2n) is 5.45. The van der Waals surface area contributed by atoms with Gasteiger partial charge in [0.1, 0.15) is 13.2 Å². The summed E-state index contributed by atoms with van der Waals surface area (Å²) in [6.07, 6.45) is 1.94. The molecule has 108 valence electrons. The van der Waals surface area contributed by atoms with Gasteiger partial charge in [-0.1, -0.05) is 6.07 Å². The molecule has 1 fully saturated rings. The van der Waals surface area contributed by atoms with Gasteiger partial charge in [-0.3, -0.25) is 9.69 Å². The first-order valence-electron chi connectivity index (χ1n) is 7.12. The Labute approximate surface area is 118 Å². The van der Waals surface area contributed by atoms with E-state index in [1.54, 1.807) is 0 Å². The van der Waals surface area contributed by atoms with E-state index in [-0.39, 0.29) is 11.8 Å². The minimum Gasteiger partial charge on any atom is -0.486 e. The zero-order chi connectivity index (χ0) is 13.9. The third kappa shape index (κ3) is 2.88. The smallest absolute Gasteiger partial charge is 0.221 e. The lowest BCUT2D eigenvalue weighted by atomic mass is 9.97. The van der Waals surface area contributed by atoms with Crippen LogP contribution in [0.2, 0.25) is 0 Å². The maximum Gasteiger partial charge on any atom is 0.221 e. The topological polar surface area (TPSA) is 64.8 Å². The van der Waals surface area contributed by atoms with Crippen molar-refractivity contribution >= 4 is 5.91 Å². The average molecular weight is 276 g/mol. The molecule has 0 unspecified atom stereocenters. The normalized spacial score (nSPS) is 22.5. The maximum absolute atomic E-state index is 11.3. The number of ether oxygens (including phenoxy) is 2. The lowest BCUT2D eigenvalue weighted by molar-refractivity contribution is -0.123. The highest BCUT2D eigenvalue weighted by molar-refractivity contribution is 5.76. The summed E-state index contributed by atoms with van der Waals surface area (Å²) in [6.45, 7) is 3.80. The van der Waals surface area contributed by atoms with E-state index >= 15 is 0 Å². The summed E-state index contributed by atoms with van der Waals surface area (Å²) in [6, 6.07) is 6.04. The van der Waals surface area contributed by atoms with Gasteiger partial charge in [0.25, 0.3) is 0 Å². The van der Waals surface area contributed by atoms with E-state index < -0.39 is 0 Å². The lowest BCUT2D eigenvalue weighted by Gasteiger charge is -2.31. The highest BCUT2D eigenvalue weighted by Gasteiger charge is 2.24. The van der Waals surface area contributed by atoms with Gasteiger partial charge in [-0.05, 0) is 37.1 Å². The van der Waals surface area contributed by atoms with Gasteiger partial charge in [0.2, 0.25) is 5.91 Å². The van der Waals surface area contributed by atoms with Crippen LogP contribution in [0.15, 0.2) is 18.2 Å². The van der Waals surface area contributed by atoms with E-state index in [0.717, 1.165) is 44.0 Å². The third-order valence-corrected chi connectivity index (χ3v) is 3.92. The van der Waals surface area contributed by atoms with Gasteiger partial charge < -0.3 is 15.2 Å². The molecule has 1 aromatic carbocycles. The highest BCUT2D eigenvalue weighted by Crippen LogP contribution is 2.31. The van der Waals surface area contributed by atoms with E-state index in [4.69, 9.17) is 15.2 Å². The van der Waals surface area contributed by atoms with Crippen molar-refractivity contribution in [3.05, 3.63) is 23.8 Å². The zero-order valence-electron chi connectivity index (χ0n) is 11.5. The SMILES string of the molecule is NC(=O)[C@H]1CCCN(Cc2ccc3c(c2)OCCO3)C1. The van der Waals surface area contributed by atoms with Crippen molar-refractivity contribution in [2.24, 2.45) is 11.7 Å². The Morgan fingerprint density at radius 2 is 2.10 bits per heavy atom. The van der Waals surface area contributed by atoms with Crippen LogP contribution in [0.5, 0.6) is 11.5 Å². The largest absolute Gasteiger partial charge is 0.486 e. The molecule has 2 N–H and O–H groups in total. The molecule has 1 atom stereocenters. The number of hydrogen-bond acceptors (Lipinski definition) is 4. The van der Waals surface area contributed by atoms with Gasteiger partial charge in [-0.25, -0.2) is 0 Å². The van der Waals surface area contributed by atoms with Crippen LogP contribution in [0.25, 0.3) is 0 Å². The first kappa shape index (κ1) is 13.2. The number of fused-ring (bicyclic) bond motifs is 1. The molecule has 0 bridgehead atoms. The number of rotatable bonds is 3. The second-order valence-corrected chi connectivity index (χ2v) is 5.45. The first-order chi connectivity index (χ1) is 9.72. The van der Waals surface area contributed by atoms with Gasteiger partial charge in [0, 0.05) is 13.1 Å². The van der Waals surface area contributed by atoms with Crippen molar-refractivity contribution in [2.45, 2.75) is 19.4 Å². The molecular weight excluding hydrogens is 256 g/mol. The summed E-state index contributed by atoms with van der Waals surface area (Å²) in [5, 5.41) is 0. The number of piperidine rings is 1. The van der Waals surface area contributed by atoms with Crippen molar-refractivity contribution in [3.8, 4) is 11.5 Å². The Kier molecular flexibility index (Phi) is 3.78. The van der Waals surface area contributed by atoms with E-state index in [2.05, 4.69) is 11.0 Å². The number of nitrogens with zero attached hydrogens (tertiary/aromatic N) is 1. The number of benzene rings is 1. The number of primary amides is 1. The van der Waals surface area contributed by atoms with Crippen LogP contribution in [0, 0.1) is 5.92 Å². The van der Waals surface area contributed by atoms with Crippen molar-refractivity contribution in [2.75, 3.05) is 26.3 Å². The van der Waals surface area contributed by atoms with Crippen LogP contribution in [-0.4, -0.2) is 37.1 Å². The minimum atomic E-state index is -0.183. The third-order valence-electron chi connectivity index (χ3n) is 3.92. The number of carbonyl (C=O) groups excluding carboxylic acids is 1. The molecule has 5 nitrogen and oxygen atoms in total. The quantitative estimate of drug-likeness (QED) is 0.899. The van der Waals surface area contributed by atoms with Crippen LogP contribution in [0.4, 0.5) is 0 Å². The van der Waals surface area contributed by atoms with Crippen molar-refractivity contribution in [1.29, 1.82) is 0 Å². The molecule has 0 saturated carbocycles.